The lowest BCUT2D eigenvalue weighted by atomic mass is 10.1. The van der Waals surface area contributed by atoms with Crippen molar-refractivity contribution in [1.82, 2.24) is 9.97 Å². The van der Waals surface area contributed by atoms with E-state index in [1.54, 1.807) is 0 Å². The Kier molecular flexibility index (Phi) is 5.54. The van der Waals surface area contributed by atoms with Gasteiger partial charge in [0, 0.05) is 18.2 Å². The van der Waals surface area contributed by atoms with E-state index in [1.165, 1.54) is 6.33 Å². The third-order valence-electron chi connectivity index (χ3n) is 2.84. The highest BCUT2D eigenvalue weighted by molar-refractivity contribution is 5.80. The van der Waals surface area contributed by atoms with Crippen LogP contribution in [0.4, 0.5) is 11.6 Å². The molecular formula is C13H23N5O. The van der Waals surface area contributed by atoms with Crippen molar-refractivity contribution in [3.05, 3.63) is 11.9 Å². The summed E-state index contributed by atoms with van der Waals surface area (Å²) in [6.45, 7) is 9.04. The van der Waals surface area contributed by atoms with E-state index in [0.717, 1.165) is 30.2 Å². The zero-order chi connectivity index (χ0) is 14.4. The average molecular weight is 265 g/mol. The molecule has 0 fully saturated rings. The molecule has 0 unspecified atom stereocenters. The Labute approximate surface area is 114 Å². The van der Waals surface area contributed by atoms with E-state index in [2.05, 4.69) is 15.3 Å². The molecule has 3 N–H and O–H groups in total. The number of aromatic nitrogens is 2. The van der Waals surface area contributed by atoms with Crippen LogP contribution in [0, 0.1) is 0 Å². The van der Waals surface area contributed by atoms with Gasteiger partial charge in [-0.05, 0) is 27.2 Å². The van der Waals surface area contributed by atoms with E-state index >= 15 is 0 Å². The second-order valence-electron chi connectivity index (χ2n) is 4.60. The van der Waals surface area contributed by atoms with Gasteiger partial charge in [0.1, 0.15) is 18.0 Å². The third kappa shape index (κ3) is 3.81. The van der Waals surface area contributed by atoms with Crippen LogP contribution in [0.25, 0.3) is 0 Å². The first-order valence-electron chi connectivity index (χ1n) is 6.63. The van der Waals surface area contributed by atoms with E-state index < -0.39 is 0 Å². The minimum atomic E-state index is -0.362. The number of carbonyl (C=O) groups is 1. The molecule has 0 saturated heterocycles. The van der Waals surface area contributed by atoms with Crippen LogP contribution in [0.15, 0.2) is 6.33 Å². The van der Waals surface area contributed by atoms with Crippen molar-refractivity contribution in [3.8, 4) is 0 Å². The summed E-state index contributed by atoms with van der Waals surface area (Å²) in [6, 6.07) is 0.141. The molecule has 1 heterocycles. The first-order chi connectivity index (χ1) is 9.01. The van der Waals surface area contributed by atoms with Gasteiger partial charge in [-0.25, -0.2) is 9.97 Å². The fourth-order valence-corrected chi connectivity index (χ4v) is 1.97. The predicted octanol–water partition coefficient (Wildman–Crippen LogP) is 1.17. The van der Waals surface area contributed by atoms with Crippen molar-refractivity contribution in [2.75, 3.05) is 23.3 Å². The number of carbonyl (C=O) groups excluding carboxylic acids is 1. The number of amides is 1. The molecule has 1 aromatic rings. The number of nitrogens with zero attached hydrogens (tertiary/aromatic N) is 3. The summed E-state index contributed by atoms with van der Waals surface area (Å²) >= 11 is 0. The summed E-state index contributed by atoms with van der Waals surface area (Å²) in [5, 5.41) is 3.22. The molecule has 0 spiro atoms. The van der Waals surface area contributed by atoms with Gasteiger partial charge in [-0.15, -0.1) is 0 Å². The lowest BCUT2D eigenvalue weighted by Gasteiger charge is -2.28. The number of rotatable bonds is 7. The third-order valence-corrected chi connectivity index (χ3v) is 2.84. The van der Waals surface area contributed by atoms with E-state index in [-0.39, 0.29) is 18.5 Å². The highest BCUT2D eigenvalue weighted by Gasteiger charge is 2.19. The summed E-state index contributed by atoms with van der Waals surface area (Å²) in [7, 11) is 0. The first kappa shape index (κ1) is 15.2. The molecule has 0 bridgehead atoms. The molecule has 0 aliphatic carbocycles. The minimum Gasteiger partial charge on any atom is -0.370 e. The molecule has 19 heavy (non-hydrogen) atoms. The molecule has 6 nitrogen and oxygen atoms in total. The van der Waals surface area contributed by atoms with Crippen molar-refractivity contribution in [2.24, 2.45) is 5.73 Å². The Morgan fingerprint density at radius 1 is 1.42 bits per heavy atom. The second kappa shape index (κ2) is 6.92. The Balaban J connectivity index is 3.21. The maximum Gasteiger partial charge on any atom is 0.237 e. The molecule has 0 aliphatic rings. The van der Waals surface area contributed by atoms with Crippen molar-refractivity contribution in [1.29, 1.82) is 0 Å². The van der Waals surface area contributed by atoms with Gasteiger partial charge in [0.2, 0.25) is 5.91 Å². The van der Waals surface area contributed by atoms with Crippen LogP contribution in [0.1, 0.15) is 33.3 Å². The summed E-state index contributed by atoms with van der Waals surface area (Å²) in [4.78, 5) is 21.7. The molecule has 1 aromatic heterocycles. The van der Waals surface area contributed by atoms with Crippen LogP contribution in [0.2, 0.25) is 0 Å². The monoisotopic (exact) mass is 265 g/mol. The van der Waals surface area contributed by atoms with E-state index in [1.807, 2.05) is 32.6 Å². The Morgan fingerprint density at radius 3 is 2.58 bits per heavy atom. The number of anilines is 2. The molecular weight excluding hydrogens is 242 g/mol. The van der Waals surface area contributed by atoms with Gasteiger partial charge in [0.05, 0.1) is 6.54 Å². The molecule has 0 aromatic carbocycles. The predicted molar refractivity (Wildman–Crippen MR) is 77.3 cm³/mol. The lowest BCUT2D eigenvalue weighted by Crippen LogP contribution is -2.39. The quantitative estimate of drug-likeness (QED) is 0.773. The van der Waals surface area contributed by atoms with Crippen molar-refractivity contribution in [2.45, 2.75) is 40.2 Å². The van der Waals surface area contributed by atoms with Crippen LogP contribution in [-0.2, 0) is 11.2 Å². The zero-order valence-corrected chi connectivity index (χ0v) is 12.1. The van der Waals surface area contributed by atoms with Crippen molar-refractivity contribution < 1.29 is 4.79 Å². The molecule has 0 atom stereocenters. The highest BCUT2D eigenvalue weighted by Crippen LogP contribution is 2.25. The fraction of sp³-hybridized carbons (Fsp3) is 0.615. The average Bonchev–Trinajstić information content (AvgIpc) is 2.35. The summed E-state index contributed by atoms with van der Waals surface area (Å²) < 4.78 is 0. The fourth-order valence-electron chi connectivity index (χ4n) is 1.97. The van der Waals surface area contributed by atoms with Gasteiger partial charge in [-0.2, -0.15) is 0 Å². The van der Waals surface area contributed by atoms with Crippen LogP contribution in [0.3, 0.4) is 0 Å². The molecule has 6 heteroatoms. The van der Waals surface area contributed by atoms with Gasteiger partial charge in [0.25, 0.3) is 0 Å². The van der Waals surface area contributed by atoms with Crippen molar-refractivity contribution in [3.63, 3.8) is 0 Å². The molecule has 0 radical (unpaired) electrons. The van der Waals surface area contributed by atoms with Crippen LogP contribution in [0.5, 0.6) is 0 Å². The Bertz CT molecular complexity index is 433. The van der Waals surface area contributed by atoms with Gasteiger partial charge in [0.15, 0.2) is 0 Å². The van der Waals surface area contributed by atoms with Crippen LogP contribution >= 0.6 is 0 Å². The normalized spacial score (nSPS) is 10.6. The maximum absolute atomic E-state index is 11.2. The number of nitrogens with one attached hydrogen (secondary N) is 1. The van der Waals surface area contributed by atoms with Crippen molar-refractivity contribution >= 4 is 17.5 Å². The zero-order valence-electron chi connectivity index (χ0n) is 12.1. The summed E-state index contributed by atoms with van der Waals surface area (Å²) in [5.41, 5.74) is 6.33. The molecule has 1 amide bonds. The van der Waals surface area contributed by atoms with E-state index in [4.69, 9.17) is 5.73 Å². The second-order valence-corrected chi connectivity index (χ2v) is 4.60. The summed E-state index contributed by atoms with van der Waals surface area (Å²) in [5.74, 6) is 1.24. The smallest absolute Gasteiger partial charge is 0.237 e. The molecule has 1 rings (SSSR count). The van der Waals surface area contributed by atoms with Crippen LogP contribution < -0.4 is 16.0 Å². The van der Waals surface area contributed by atoms with E-state index in [0.29, 0.717) is 0 Å². The molecule has 0 saturated carbocycles. The Morgan fingerprint density at radius 2 is 2.11 bits per heavy atom. The van der Waals surface area contributed by atoms with Gasteiger partial charge >= 0.3 is 0 Å². The first-order valence-corrected chi connectivity index (χ1v) is 6.63. The molecule has 106 valence electrons. The molecule has 0 aliphatic heterocycles. The Hall–Kier alpha value is -1.85. The van der Waals surface area contributed by atoms with Gasteiger partial charge in [-0.3, -0.25) is 4.79 Å². The van der Waals surface area contributed by atoms with Gasteiger partial charge < -0.3 is 16.0 Å². The maximum atomic E-state index is 11.2. The SMILES string of the molecule is CCNc1ncnc(N(CC(N)=O)C(C)C)c1CC. The highest BCUT2D eigenvalue weighted by atomic mass is 16.1. The van der Waals surface area contributed by atoms with E-state index in [9.17, 15) is 4.79 Å². The number of nitrogens with two attached hydrogens (primary N) is 1. The standard InChI is InChI=1S/C13H23N5O/c1-5-10-12(15-6-2)16-8-17-13(10)18(9(3)4)7-11(14)19/h8-9H,5-7H2,1-4H3,(H2,14,19)(H,15,16,17). The number of hydrogen-bond donors (Lipinski definition) is 2. The summed E-state index contributed by atoms with van der Waals surface area (Å²) in [6.07, 6.45) is 2.31. The van der Waals surface area contributed by atoms with Gasteiger partial charge in [-0.1, -0.05) is 6.92 Å². The minimum absolute atomic E-state index is 0.141. The number of hydrogen-bond acceptors (Lipinski definition) is 5. The number of primary amides is 1. The largest absolute Gasteiger partial charge is 0.370 e. The lowest BCUT2D eigenvalue weighted by molar-refractivity contribution is -0.116. The van der Waals surface area contributed by atoms with Crippen LogP contribution in [-0.4, -0.2) is 35.0 Å². The topological polar surface area (TPSA) is 84.1 Å².